The molecule has 2 aromatic rings. The van der Waals surface area contributed by atoms with Crippen molar-refractivity contribution in [2.75, 3.05) is 7.05 Å². The van der Waals surface area contributed by atoms with Gasteiger partial charge in [0.1, 0.15) is 5.82 Å². The van der Waals surface area contributed by atoms with E-state index in [1.165, 1.54) is 17.2 Å². The minimum absolute atomic E-state index is 0.154. The minimum Gasteiger partial charge on any atom is -0.313 e. The fourth-order valence-corrected chi connectivity index (χ4v) is 3.20. The van der Waals surface area contributed by atoms with Crippen molar-refractivity contribution in [3.63, 3.8) is 0 Å². The predicted octanol–water partition coefficient (Wildman–Crippen LogP) is 5.16. The quantitative estimate of drug-likeness (QED) is 0.747. The van der Waals surface area contributed by atoms with Gasteiger partial charge in [-0.05, 0) is 67.4 Å². The molecule has 0 spiro atoms. The summed E-state index contributed by atoms with van der Waals surface area (Å²) in [4.78, 5) is 0. The van der Waals surface area contributed by atoms with E-state index in [1.54, 1.807) is 12.1 Å². The maximum atomic E-state index is 13.4. The third kappa shape index (κ3) is 3.68. The van der Waals surface area contributed by atoms with Gasteiger partial charge in [-0.25, -0.2) is 4.39 Å². The molecule has 1 N–H and O–H groups in total. The molecule has 1 unspecified atom stereocenters. The van der Waals surface area contributed by atoms with Gasteiger partial charge in [0.15, 0.2) is 0 Å². The van der Waals surface area contributed by atoms with Crippen LogP contribution >= 0.6 is 31.9 Å². The zero-order valence-corrected chi connectivity index (χ0v) is 14.6. The number of nitrogens with one attached hydrogen (secondary N) is 1. The molecule has 0 amide bonds. The molecule has 2 rings (SSSR count). The lowest BCUT2D eigenvalue weighted by Crippen LogP contribution is -2.20. The Kier molecular flexibility index (Phi) is 5.35. The van der Waals surface area contributed by atoms with E-state index in [0.29, 0.717) is 0 Å². The number of aryl methyl sites for hydroxylation is 1. The molecule has 0 saturated heterocycles. The molecule has 0 aliphatic carbocycles. The molecule has 0 radical (unpaired) electrons. The molecular formula is C16H16Br2FN. The summed E-state index contributed by atoms with van der Waals surface area (Å²) in [6, 6.07) is 11.2. The zero-order chi connectivity index (χ0) is 14.7. The summed E-state index contributed by atoms with van der Waals surface area (Å²) >= 11 is 6.97. The summed E-state index contributed by atoms with van der Waals surface area (Å²) in [5.41, 5.74) is 3.41. The van der Waals surface area contributed by atoms with Crippen molar-refractivity contribution in [2.24, 2.45) is 0 Å². The van der Waals surface area contributed by atoms with E-state index in [1.807, 2.05) is 13.1 Å². The highest BCUT2D eigenvalue weighted by molar-refractivity contribution is 9.10. The monoisotopic (exact) mass is 399 g/mol. The molecule has 0 heterocycles. The molecule has 0 bridgehead atoms. The highest BCUT2D eigenvalue weighted by atomic mass is 79.9. The van der Waals surface area contributed by atoms with Crippen LogP contribution in [-0.4, -0.2) is 7.05 Å². The summed E-state index contributed by atoms with van der Waals surface area (Å²) < 4.78 is 15.4. The molecule has 0 aliphatic heterocycles. The summed E-state index contributed by atoms with van der Waals surface area (Å²) in [7, 11) is 1.93. The Bertz CT molecular complexity index is 613. The smallest absolute Gasteiger partial charge is 0.123 e. The second-order valence-electron chi connectivity index (χ2n) is 4.78. The Balaban J connectivity index is 2.31. The van der Waals surface area contributed by atoms with Gasteiger partial charge in [0.25, 0.3) is 0 Å². The maximum Gasteiger partial charge on any atom is 0.123 e. The first kappa shape index (κ1) is 15.7. The van der Waals surface area contributed by atoms with Crippen LogP contribution in [0.4, 0.5) is 4.39 Å². The third-order valence-corrected chi connectivity index (χ3v) is 4.65. The van der Waals surface area contributed by atoms with Crippen LogP contribution in [0, 0.1) is 12.7 Å². The summed E-state index contributed by atoms with van der Waals surface area (Å²) in [5, 5.41) is 3.32. The fraction of sp³-hybridized carbons (Fsp3) is 0.250. The van der Waals surface area contributed by atoms with Crippen molar-refractivity contribution in [3.8, 4) is 0 Å². The molecular weight excluding hydrogens is 385 g/mol. The average molecular weight is 401 g/mol. The Morgan fingerprint density at radius 3 is 2.55 bits per heavy atom. The van der Waals surface area contributed by atoms with E-state index in [4.69, 9.17) is 0 Å². The Hall–Kier alpha value is -0.710. The van der Waals surface area contributed by atoms with Gasteiger partial charge < -0.3 is 5.32 Å². The number of halogens is 3. The van der Waals surface area contributed by atoms with Crippen molar-refractivity contribution >= 4 is 31.9 Å². The van der Waals surface area contributed by atoms with Gasteiger partial charge >= 0.3 is 0 Å². The van der Waals surface area contributed by atoms with E-state index in [9.17, 15) is 4.39 Å². The summed E-state index contributed by atoms with van der Waals surface area (Å²) in [6.07, 6.45) is 0.733. The largest absolute Gasteiger partial charge is 0.313 e. The van der Waals surface area contributed by atoms with Crippen molar-refractivity contribution in [3.05, 3.63) is 67.9 Å². The van der Waals surface area contributed by atoms with Crippen LogP contribution < -0.4 is 5.32 Å². The number of benzene rings is 2. The SMILES string of the molecule is CNC(Cc1cc(F)ccc1Br)c1ccc(Br)cc1C. The van der Waals surface area contributed by atoms with Crippen LogP contribution in [0.3, 0.4) is 0 Å². The van der Waals surface area contributed by atoms with Crippen molar-refractivity contribution in [1.29, 1.82) is 0 Å². The van der Waals surface area contributed by atoms with Crippen LogP contribution in [0.2, 0.25) is 0 Å². The Morgan fingerprint density at radius 1 is 1.15 bits per heavy atom. The topological polar surface area (TPSA) is 12.0 Å². The van der Waals surface area contributed by atoms with E-state index in [-0.39, 0.29) is 11.9 Å². The summed E-state index contributed by atoms with van der Waals surface area (Å²) in [6.45, 7) is 2.09. The lowest BCUT2D eigenvalue weighted by Gasteiger charge is -2.20. The third-order valence-electron chi connectivity index (χ3n) is 3.39. The first-order valence-corrected chi connectivity index (χ1v) is 7.97. The van der Waals surface area contributed by atoms with Crippen LogP contribution in [-0.2, 0) is 6.42 Å². The van der Waals surface area contributed by atoms with Gasteiger partial charge in [-0.2, -0.15) is 0 Å². The summed E-state index contributed by atoms with van der Waals surface area (Å²) in [5.74, 6) is -0.203. The molecule has 0 aromatic heterocycles. The number of likely N-dealkylation sites (N-methyl/N-ethyl adjacent to an activating group) is 1. The maximum absolute atomic E-state index is 13.4. The predicted molar refractivity (Wildman–Crippen MR) is 88.5 cm³/mol. The van der Waals surface area contributed by atoms with Gasteiger partial charge in [0.2, 0.25) is 0 Å². The van der Waals surface area contributed by atoms with E-state index in [0.717, 1.165) is 20.9 Å². The number of hydrogen-bond acceptors (Lipinski definition) is 1. The first-order chi connectivity index (χ1) is 9.51. The second-order valence-corrected chi connectivity index (χ2v) is 6.55. The molecule has 0 saturated carbocycles. The lowest BCUT2D eigenvalue weighted by atomic mass is 9.95. The van der Waals surface area contributed by atoms with Crippen molar-refractivity contribution < 1.29 is 4.39 Å². The van der Waals surface area contributed by atoms with E-state index in [2.05, 4.69) is 56.2 Å². The highest BCUT2D eigenvalue weighted by Gasteiger charge is 2.14. The number of rotatable bonds is 4. The molecule has 1 atom stereocenters. The zero-order valence-electron chi connectivity index (χ0n) is 11.4. The Morgan fingerprint density at radius 2 is 1.90 bits per heavy atom. The van der Waals surface area contributed by atoms with Crippen LogP contribution in [0.1, 0.15) is 22.7 Å². The highest BCUT2D eigenvalue weighted by Crippen LogP contribution is 2.27. The fourth-order valence-electron chi connectivity index (χ4n) is 2.32. The molecule has 0 fully saturated rings. The minimum atomic E-state index is -0.203. The van der Waals surface area contributed by atoms with Gasteiger partial charge in [-0.3, -0.25) is 0 Å². The second kappa shape index (κ2) is 6.83. The normalized spacial score (nSPS) is 12.4. The van der Waals surface area contributed by atoms with Crippen LogP contribution in [0.15, 0.2) is 45.3 Å². The number of hydrogen-bond donors (Lipinski definition) is 1. The molecule has 20 heavy (non-hydrogen) atoms. The van der Waals surface area contributed by atoms with E-state index >= 15 is 0 Å². The van der Waals surface area contributed by atoms with Crippen molar-refractivity contribution in [2.45, 2.75) is 19.4 Å². The molecule has 4 heteroatoms. The van der Waals surface area contributed by atoms with Crippen molar-refractivity contribution in [1.82, 2.24) is 5.32 Å². The first-order valence-electron chi connectivity index (χ1n) is 6.38. The average Bonchev–Trinajstić information content (AvgIpc) is 2.40. The lowest BCUT2D eigenvalue weighted by molar-refractivity contribution is 0.580. The standard InChI is InChI=1S/C16H16Br2FN/c1-10-7-12(17)3-5-14(10)16(20-2)9-11-8-13(19)4-6-15(11)18/h3-8,16,20H,9H2,1-2H3. The molecule has 0 aliphatic rings. The Labute approximate surface area is 135 Å². The van der Waals surface area contributed by atoms with Gasteiger partial charge in [0.05, 0.1) is 0 Å². The molecule has 1 nitrogen and oxygen atoms in total. The van der Waals surface area contributed by atoms with Gasteiger partial charge in [-0.15, -0.1) is 0 Å². The van der Waals surface area contributed by atoms with Crippen LogP contribution in [0.5, 0.6) is 0 Å². The van der Waals surface area contributed by atoms with E-state index < -0.39 is 0 Å². The molecule has 2 aromatic carbocycles. The molecule has 106 valence electrons. The van der Waals surface area contributed by atoms with Gasteiger partial charge in [-0.1, -0.05) is 37.9 Å². The van der Waals surface area contributed by atoms with Gasteiger partial charge in [0, 0.05) is 15.0 Å². The van der Waals surface area contributed by atoms with Crippen LogP contribution in [0.25, 0.3) is 0 Å².